The molecule has 4 heteroatoms. The van der Waals surface area contributed by atoms with Gasteiger partial charge in [0.05, 0.1) is 0 Å². The maximum absolute atomic E-state index is 6.00. The number of hydrogen-bond donors (Lipinski definition) is 0. The molecule has 0 aliphatic carbocycles. The Morgan fingerprint density at radius 3 is 2.43 bits per heavy atom. The Bertz CT molecular complexity index is 140. The molecule has 0 radical (unpaired) electrons. The lowest BCUT2D eigenvalue weighted by molar-refractivity contribution is 0.253. The zero-order chi connectivity index (χ0) is 11.0. The van der Waals surface area contributed by atoms with Gasteiger partial charge in [0.1, 0.15) is 0 Å². The minimum atomic E-state index is -1.31. The van der Waals surface area contributed by atoms with Crippen molar-refractivity contribution >= 4 is 17.8 Å². The van der Waals surface area contributed by atoms with E-state index in [4.69, 9.17) is 4.43 Å². The van der Waals surface area contributed by atoms with Crippen LogP contribution in [0.2, 0.25) is 31.7 Å². The molecule has 0 N–H and O–H groups in total. The molecule has 0 aromatic carbocycles. The third-order valence-electron chi connectivity index (χ3n) is 2.41. The van der Waals surface area contributed by atoms with Gasteiger partial charge in [-0.15, -0.1) is 0 Å². The Morgan fingerprint density at radius 2 is 1.93 bits per heavy atom. The molecule has 0 spiro atoms. The summed E-state index contributed by atoms with van der Waals surface area (Å²) in [6.07, 6.45) is 1.41. The minimum absolute atomic E-state index is 0.271. The van der Waals surface area contributed by atoms with Crippen LogP contribution in [0.15, 0.2) is 0 Å². The summed E-state index contributed by atoms with van der Waals surface area (Å²) in [5, 5.41) is 0. The third-order valence-corrected chi connectivity index (χ3v) is 6.16. The van der Waals surface area contributed by atoms with Gasteiger partial charge in [0.2, 0.25) is 0 Å². The molecular weight excluding hydrogens is 206 g/mol. The van der Waals surface area contributed by atoms with Crippen molar-refractivity contribution in [3.05, 3.63) is 0 Å². The highest BCUT2D eigenvalue weighted by Crippen LogP contribution is 2.14. The van der Waals surface area contributed by atoms with Gasteiger partial charge < -0.3 is 9.33 Å². The molecule has 0 aromatic heterocycles. The van der Waals surface area contributed by atoms with E-state index in [1.54, 1.807) is 0 Å². The average Bonchev–Trinajstić information content (AvgIpc) is 2.03. The second-order valence-corrected chi connectivity index (χ2v) is 10.9. The molecule has 14 heavy (non-hydrogen) atoms. The van der Waals surface area contributed by atoms with Crippen molar-refractivity contribution < 1.29 is 4.43 Å². The maximum Gasteiger partial charge on any atom is 0.186 e. The van der Waals surface area contributed by atoms with E-state index in [1.807, 2.05) is 0 Å². The second-order valence-electron chi connectivity index (χ2n) is 4.87. The van der Waals surface area contributed by atoms with Crippen molar-refractivity contribution in [1.82, 2.24) is 4.90 Å². The highest BCUT2D eigenvalue weighted by atomic mass is 28.4. The number of nitrogens with zero attached hydrogens (tertiary/aromatic N) is 1. The van der Waals surface area contributed by atoms with Crippen LogP contribution in [0.3, 0.4) is 0 Å². The smallest absolute Gasteiger partial charge is 0.186 e. The van der Waals surface area contributed by atoms with Crippen LogP contribution in [0.5, 0.6) is 0 Å². The Hall–Kier alpha value is 0.354. The van der Waals surface area contributed by atoms with Gasteiger partial charge in [-0.3, -0.25) is 0 Å². The molecule has 2 nitrogen and oxygen atoms in total. The van der Waals surface area contributed by atoms with Gasteiger partial charge in [0, 0.05) is 22.7 Å². The predicted molar refractivity (Wildman–Crippen MR) is 70.6 cm³/mol. The van der Waals surface area contributed by atoms with E-state index in [-0.39, 0.29) is 9.52 Å². The first kappa shape index (κ1) is 14.4. The summed E-state index contributed by atoms with van der Waals surface area (Å²) in [5.41, 5.74) is 0. The fraction of sp³-hybridized carbons (Fsp3) is 1.00. The van der Waals surface area contributed by atoms with Gasteiger partial charge in [-0.25, -0.2) is 0 Å². The fourth-order valence-electron chi connectivity index (χ4n) is 1.38. The van der Waals surface area contributed by atoms with Crippen molar-refractivity contribution in [1.29, 1.82) is 0 Å². The normalized spacial score (nSPS) is 13.3. The molecule has 0 bridgehead atoms. The van der Waals surface area contributed by atoms with Gasteiger partial charge >= 0.3 is 0 Å². The Balaban J connectivity index is 3.50. The molecule has 0 unspecified atom stereocenters. The van der Waals surface area contributed by atoms with E-state index in [2.05, 4.69) is 38.6 Å². The molecule has 0 aliphatic heterocycles. The summed E-state index contributed by atoms with van der Waals surface area (Å²) in [5.74, 6) is 0. The molecule has 86 valence electrons. The van der Waals surface area contributed by atoms with Crippen LogP contribution in [0, 0.1) is 0 Å². The number of likely N-dealkylation sites (N-methyl/N-ethyl adjacent to an activating group) is 1. The van der Waals surface area contributed by atoms with E-state index >= 15 is 0 Å². The SMILES string of the molecule is C[SiH2]CCC[Si](C)(C)OCCN(C)C. The quantitative estimate of drug-likeness (QED) is 0.468. The summed E-state index contributed by atoms with van der Waals surface area (Å²) >= 11 is 0. The van der Waals surface area contributed by atoms with Gasteiger partial charge in [-0.05, 0) is 33.2 Å². The summed E-state index contributed by atoms with van der Waals surface area (Å²) < 4.78 is 6.00. The van der Waals surface area contributed by atoms with Crippen molar-refractivity contribution in [3.63, 3.8) is 0 Å². The fourth-order valence-corrected chi connectivity index (χ4v) is 4.52. The van der Waals surface area contributed by atoms with E-state index in [0.29, 0.717) is 0 Å². The highest BCUT2D eigenvalue weighted by molar-refractivity contribution is 6.71. The Kier molecular flexibility index (Phi) is 7.81. The largest absolute Gasteiger partial charge is 0.416 e. The first-order valence-electron chi connectivity index (χ1n) is 5.76. The maximum atomic E-state index is 6.00. The molecule has 0 atom stereocenters. The first-order chi connectivity index (χ1) is 6.48. The highest BCUT2D eigenvalue weighted by Gasteiger charge is 2.21. The first-order valence-corrected chi connectivity index (χ1v) is 11.3. The lowest BCUT2D eigenvalue weighted by Crippen LogP contribution is -2.33. The molecular formula is C10H27NOSi2. The van der Waals surface area contributed by atoms with E-state index in [1.165, 1.54) is 18.5 Å². The monoisotopic (exact) mass is 233 g/mol. The van der Waals surface area contributed by atoms with Crippen molar-refractivity contribution in [2.24, 2.45) is 0 Å². The van der Waals surface area contributed by atoms with Crippen LogP contribution in [-0.2, 0) is 4.43 Å². The van der Waals surface area contributed by atoms with Crippen molar-refractivity contribution in [2.75, 3.05) is 27.2 Å². The minimum Gasteiger partial charge on any atom is -0.416 e. The van der Waals surface area contributed by atoms with Gasteiger partial charge in [0.25, 0.3) is 0 Å². The van der Waals surface area contributed by atoms with E-state index in [0.717, 1.165) is 13.2 Å². The van der Waals surface area contributed by atoms with Crippen LogP contribution in [0.1, 0.15) is 6.42 Å². The molecule has 0 saturated carbocycles. The molecule has 0 aliphatic rings. The number of rotatable bonds is 8. The summed E-state index contributed by atoms with van der Waals surface area (Å²) in [4.78, 5) is 2.18. The van der Waals surface area contributed by atoms with Crippen molar-refractivity contribution in [2.45, 2.75) is 38.2 Å². The van der Waals surface area contributed by atoms with Gasteiger partial charge in [-0.1, -0.05) is 19.0 Å². The topological polar surface area (TPSA) is 12.5 Å². The molecule has 0 saturated heterocycles. The van der Waals surface area contributed by atoms with Crippen LogP contribution < -0.4 is 0 Å². The van der Waals surface area contributed by atoms with Crippen LogP contribution >= 0.6 is 0 Å². The summed E-state index contributed by atoms with van der Waals surface area (Å²) in [7, 11) is 3.16. The molecule has 0 fully saturated rings. The third kappa shape index (κ3) is 8.93. The van der Waals surface area contributed by atoms with E-state index in [9.17, 15) is 0 Å². The van der Waals surface area contributed by atoms with Crippen LogP contribution in [0.4, 0.5) is 0 Å². The van der Waals surface area contributed by atoms with Crippen LogP contribution in [-0.4, -0.2) is 50.0 Å². The summed E-state index contributed by atoms with van der Waals surface area (Å²) in [6.45, 7) is 9.05. The standard InChI is InChI=1S/C10H27NOSi2/c1-11(2)7-8-12-14(4,5)10-6-9-13-3/h6-10,13H2,1-5H3. The lowest BCUT2D eigenvalue weighted by atomic mass is 10.6. The second kappa shape index (κ2) is 7.62. The average molecular weight is 234 g/mol. The molecule has 0 aromatic rings. The zero-order valence-corrected chi connectivity index (χ0v) is 13.0. The van der Waals surface area contributed by atoms with Crippen LogP contribution in [0.25, 0.3) is 0 Å². The Labute approximate surface area is 93.0 Å². The molecule has 0 heterocycles. The zero-order valence-electron chi connectivity index (χ0n) is 10.6. The van der Waals surface area contributed by atoms with Crippen molar-refractivity contribution in [3.8, 4) is 0 Å². The lowest BCUT2D eigenvalue weighted by Gasteiger charge is -2.23. The Morgan fingerprint density at radius 1 is 1.29 bits per heavy atom. The van der Waals surface area contributed by atoms with Gasteiger partial charge in [-0.2, -0.15) is 0 Å². The molecule has 0 amide bonds. The number of hydrogen-bond acceptors (Lipinski definition) is 2. The predicted octanol–water partition coefficient (Wildman–Crippen LogP) is 1.79. The van der Waals surface area contributed by atoms with Gasteiger partial charge in [0.15, 0.2) is 8.32 Å². The summed E-state index contributed by atoms with van der Waals surface area (Å²) in [6, 6.07) is 2.84. The molecule has 0 rings (SSSR count). The van der Waals surface area contributed by atoms with E-state index < -0.39 is 8.32 Å².